The maximum absolute atomic E-state index is 13.1. The minimum atomic E-state index is -0.724. The molecule has 154 valence electrons. The van der Waals surface area contributed by atoms with Crippen molar-refractivity contribution >= 4 is 27.9 Å². The number of hydrogen-bond acceptors (Lipinski definition) is 3. The van der Waals surface area contributed by atoms with Crippen molar-refractivity contribution in [3.05, 3.63) is 70.2 Å². The third kappa shape index (κ3) is 4.81. The van der Waals surface area contributed by atoms with E-state index in [9.17, 15) is 9.59 Å². The van der Waals surface area contributed by atoms with Crippen LogP contribution in [0.25, 0.3) is 0 Å². The zero-order chi connectivity index (χ0) is 21.0. The summed E-state index contributed by atoms with van der Waals surface area (Å²) in [6.45, 7) is 4.68. The molecule has 0 bridgehead atoms. The first kappa shape index (κ1) is 21.4. The quantitative estimate of drug-likeness (QED) is 0.603. The Bertz CT molecular complexity index is 856. The lowest BCUT2D eigenvalue weighted by atomic mass is 9.85. The highest BCUT2D eigenvalue weighted by Crippen LogP contribution is 2.39. The number of cyclic esters (lactones) is 1. The summed E-state index contributed by atoms with van der Waals surface area (Å²) in [7, 11) is 1.77. The van der Waals surface area contributed by atoms with Crippen LogP contribution in [-0.4, -0.2) is 41.9 Å². The van der Waals surface area contributed by atoms with Crippen LogP contribution in [0.1, 0.15) is 43.9 Å². The SMILES string of the molecule is CC(=O)N(C)CCC1(c2ccccc2)CCN([C@@H](C)c2ccc(Br)cc2)C(=O)O1. The van der Waals surface area contributed by atoms with Crippen molar-refractivity contribution in [3.8, 4) is 0 Å². The molecule has 1 saturated heterocycles. The van der Waals surface area contributed by atoms with Gasteiger partial charge in [-0.1, -0.05) is 58.4 Å². The van der Waals surface area contributed by atoms with Gasteiger partial charge in [0.05, 0.1) is 6.04 Å². The van der Waals surface area contributed by atoms with E-state index in [2.05, 4.69) is 15.9 Å². The molecule has 0 aromatic heterocycles. The van der Waals surface area contributed by atoms with E-state index in [0.29, 0.717) is 25.9 Å². The van der Waals surface area contributed by atoms with Gasteiger partial charge in [-0.15, -0.1) is 0 Å². The van der Waals surface area contributed by atoms with Crippen molar-refractivity contribution in [2.45, 2.75) is 38.3 Å². The minimum Gasteiger partial charge on any atom is -0.438 e. The Balaban J connectivity index is 1.81. The number of nitrogens with zero attached hydrogens (tertiary/aromatic N) is 2. The smallest absolute Gasteiger partial charge is 0.411 e. The molecule has 2 atom stereocenters. The normalized spacial score (nSPS) is 20.1. The van der Waals surface area contributed by atoms with E-state index in [1.54, 1.807) is 23.8 Å². The highest BCUT2D eigenvalue weighted by Gasteiger charge is 2.43. The summed E-state index contributed by atoms with van der Waals surface area (Å²) < 4.78 is 7.12. The predicted octanol–water partition coefficient (Wildman–Crippen LogP) is 5.12. The summed E-state index contributed by atoms with van der Waals surface area (Å²) in [5.74, 6) is 0.000773. The van der Waals surface area contributed by atoms with E-state index in [1.165, 1.54) is 0 Å². The lowest BCUT2D eigenvalue weighted by Gasteiger charge is -2.44. The average molecular weight is 459 g/mol. The monoisotopic (exact) mass is 458 g/mol. The number of benzene rings is 2. The Morgan fingerprint density at radius 1 is 1.21 bits per heavy atom. The van der Waals surface area contributed by atoms with Crippen LogP contribution in [0.3, 0.4) is 0 Å². The molecule has 0 saturated carbocycles. The van der Waals surface area contributed by atoms with Gasteiger partial charge in [-0.25, -0.2) is 4.79 Å². The van der Waals surface area contributed by atoms with Crippen molar-refractivity contribution in [3.63, 3.8) is 0 Å². The van der Waals surface area contributed by atoms with Gasteiger partial charge in [-0.05, 0) is 30.2 Å². The first-order valence-electron chi connectivity index (χ1n) is 9.85. The molecule has 0 N–H and O–H groups in total. The molecule has 3 rings (SSSR count). The number of ether oxygens (including phenoxy) is 1. The predicted molar refractivity (Wildman–Crippen MR) is 116 cm³/mol. The van der Waals surface area contributed by atoms with Gasteiger partial charge in [-0.2, -0.15) is 0 Å². The van der Waals surface area contributed by atoms with Gasteiger partial charge < -0.3 is 14.5 Å². The van der Waals surface area contributed by atoms with Gasteiger partial charge in [0, 0.05) is 44.4 Å². The maximum atomic E-state index is 13.1. The van der Waals surface area contributed by atoms with Gasteiger partial charge in [0.1, 0.15) is 5.60 Å². The molecule has 29 heavy (non-hydrogen) atoms. The van der Waals surface area contributed by atoms with Crippen molar-refractivity contribution in [1.82, 2.24) is 9.80 Å². The standard InChI is InChI=1S/C23H27BrN2O3/c1-17(19-9-11-21(24)12-10-19)26-16-14-23(29-22(26)28,13-15-25(3)18(2)27)20-7-5-4-6-8-20/h4-12,17H,13-16H2,1-3H3/t17-,23?/m0/s1. The van der Waals surface area contributed by atoms with Crippen LogP contribution in [0.2, 0.25) is 0 Å². The number of carbonyl (C=O) groups excluding carboxylic acids is 2. The van der Waals surface area contributed by atoms with Gasteiger partial charge in [0.2, 0.25) is 5.91 Å². The first-order valence-corrected chi connectivity index (χ1v) is 10.6. The third-order valence-electron chi connectivity index (χ3n) is 5.78. The lowest BCUT2D eigenvalue weighted by molar-refractivity contribution is -0.128. The highest BCUT2D eigenvalue weighted by molar-refractivity contribution is 9.10. The van der Waals surface area contributed by atoms with E-state index in [-0.39, 0.29) is 18.0 Å². The van der Waals surface area contributed by atoms with E-state index >= 15 is 0 Å². The largest absolute Gasteiger partial charge is 0.438 e. The Morgan fingerprint density at radius 3 is 2.45 bits per heavy atom. The first-order chi connectivity index (χ1) is 13.8. The second-order valence-corrected chi connectivity index (χ2v) is 8.51. The maximum Gasteiger partial charge on any atom is 0.411 e. The minimum absolute atomic E-state index is 0.000773. The molecule has 0 spiro atoms. The van der Waals surface area contributed by atoms with E-state index in [1.807, 2.05) is 61.5 Å². The Kier molecular flexibility index (Phi) is 6.63. The van der Waals surface area contributed by atoms with E-state index < -0.39 is 5.60 Å². The van der Waals surface area contributed by atoms with Crippen LogP contribution >= 0.6 is 15.9 Å². The van der Waals surface area contributed by atoms with Crippen LogP contribution in [0.15, 0.2) is 59.1 Å². The summed E-state index contributed by atoms with van der Waals surface area (Å²) >= 11 is 3.45. The number of hydrogen-bond donors (Lipinski definition) is 0. The molecule has 1 fully saturated rings. The molecule has 2 aromatic carbocycles. The molecule has 1 unspecified atom stereocenters. The van der Waals surface area contributed by atoms with Gasteiger partial charge in [0.15, 0.2) is 0 Å². The van der Waals surface area contributed by atoms with E-state index in [4.69, 9.17) is 4.74 Å². The lowest BCUT2D eigenvalue weighted by Crippen LogP contribution is -2.49. The fourth-order valence-corrected chi connectivity index (χ4v) is 3.98. The number of halogens is 1. The molecule has 2 amide bonds. The molecule has 1 aliphatic rings. The Hall–Kier alpha value is -2.34. The zero-order valence-electron chi connectivity index (χ0n) is 17.1. The Morgan fingerprint density at radius 2 is 1.86 bits per heavy atom. The zero-order valence-corrected chi connectivity index (χ0v) is 18.7. The highest BCUT2D eigenvalue weighted by atomic mass is 79.9. The molecule has 0 radical (unpaired) electrons. The van der Waals surface area contributed by atoms with Crippen molar-refractivity contribution < 1.29 is 14.3 Å². The van der Waals surface area contributed by atoms with Crippen LogP contribution in [-0.2, 0) is 15.1 Å². The fraction of sp³-hybridized carbons (Fsp3) is 0.391. The summed E-state index contributed by atoms with van der Waals surface area (Å²) in [5.41, 5.74) is 1.31. The average Bonchev–Trinajstić information content (AvgIpc) is 2.72. The Labute approximate surface area is 180 Å². The van der Waals surface area contributed by atoms with Crippen LogP contribution in [0, 0.1) is 0 Å². The summed E-state index contributed by atoms with van der Waals surface area (Å²) in [6.07, 6.45) is 0.926. The number of carbonyl (C=O) groups is 2. The summed E-state index contributed by atoms with van der Waals surface area (Å²) in [6, 6.07) is 17.8. The molecule has 1 aliphatic heterocycles. The molecule has 5 nitrogen and oxygen atoms in total. The van der Waals surface area contributed by atoms with Crippen molar-refractivity contribution in [2.24, 2.45) is 0 Å². The van der Waals surface area contributed by atoms with Crippen LogP contribution in [0.5, 0.6) is 0 Å². The summed E-state index contributed by atoms with van der Waals surface area (Å²) in [4.78, 5) is 28.1. The van der Waals surface area contributed by atoms with Gasteiger partial charge in [-0.3, -0.25) is 4.79 Å². The molecule has 2 aromatic rings. The molecular weight excluding hydrogens is 432 g/mol. The van der Waals surface area contributed by atoms with Crippen molar-refractivity contribution in [1.29, 1.82) is 0 Å². The summed E-state index contributed by atoms with van der Waals surface area (Å²) in [5, 5.41) is 0. The third-order valence-corrected chi connectivity index (χ3v) is 6.31. The second-order valence-electron chi connectivity index (χ2n) is 7.59. The van der Waals surface area contributed by atoms with Crippen LogP contribution in [0.4, 0.5) is 4.79 Å². The van der Waals surface area contributed by atoms with E-state index in [0.717, 1.165) is 15.6 Å². The molecule has 0 aliphatic carbocycles. The second kappa shape index (κ2) is 8.99. The molecular formula is C23H27BrN2O3. The van der Waals surface area contributed by atoms with Gasteiger partial charge in [0.25, 0.3) is 0 Å². The van der Waals surface area contributed by atoms with Crippen LogP contribution < -0.4 is 0 Å². The number of amides is 2. The van der Waals surface area contributed by atoms with Gasteiger partial charge >= 0.3 is 6.09 Å². The topological polar surface area (TPSA) is 49.9 Å². The molecule has 6 heteroatoms. The fourth-order valence-electron chi connectivity index (χ4n) is 3.71. The van der Waals surface area contributed by atoms with Crippen molar-refractivity contribution in [2.75, 3.05) is 20.1 Å². The molecule has 1 heterocycles. The number of rotatable bonds is 6.